The topological polar surface area (TPSA) is 3.24 Å². The highest BCUT2D eigenvalue weighted by Gasteiger charge is 2.12. The molecular formula is C12H17Cl2N. The molecule has 0 bridgehead atoms. The summed E-state index contributed by atoms with van der Waals surface area (Å²) in [5.41, 5.74) is 1.31. The maximum atomic E-state index is 5.86. The number of alkyl halides is 2. The lowest BCUT2D eigenvalue weighted by molar-refractivity contribution is 0.229. The molecule has 1 atom stereocenters. The third-order valence-corrected chi connectivity index (χ3v) is 3.06. The summed E-state index contributed by atoms with van der Waals surface area (Å²) in [4.78, 5) is 2.30. The van der Waals surface area contributed by atoms with Gasteiger partial charge < -0.3 is 0 Å². The van der Waals surface area contributed by atoms with E-state index >= 15 is 0 Å². The highest BCUT2D eigenvalue weighted by atomic mass is 35.5. The van der Waals surface area contributed by atoms with Crippen molar-refractivity contribution in [3.63, 3.8) is 0 Å². The number of halogens is 2. The molecule has 0 spiro atoms. The molecule has 84 valence electrons. The van der Waals surface area contributed by atoms with Crippen molar-refractivity contribution in [1.29, 1.82) is 0 Å². The quantitative estimate of drug-likeness (QED) is 0.696. The molecule has 0 fully saturated rings. The van der Waals surface area contributed by atoms with Crippen LogP contribution in [-0.4, -0.2) is 29.2 Å². The first-order chi connectivity index (χ1) is 7.27. The molecule has 0 saturated carbocycles. The average Bonchev–Trinajstić information content (AvgIpc) is 2.29. The van der Waals surface area contributed by atoms with Gasteiger partial charge in [-0.05, 0) is 12.5 Å². The molecule has 15 heavy (non-hydrogen) atoms. The highest BCUT2D eigenvalue weighted by Crippen LogP contribution is 2.09. The van der Waals surface area contributed by atoms with Gasteiger partial charge in [-0.3, -0.25) is 4.90 Å². The van der Waals surface area contributed by atoms with Crippen LogP contribution in [0.1, 0.15) is 12.5 Å². The van der Waals surface area contributed by atoms with E-state index in [9.17, 15) is 0 Å². The van der Waals surface area contributed by atoms with Crippen LogP contribution in [0.15, 0.2) is 30.3 Å². The van der Waals surface area contributed by atoms with Crippen LogP contribution < -0.4 is 0 Å². The van der Waals surface area contributed by atoms with Gasteiger partial charge in [-0.25, -0.2) is 0 Å². The van der Waals surface area contributed by atoms with Crippen LogP contribution in [0.3, 0.4) is 0 Å². The average molecular weight is 246 g/mol. The third kappa shape index (κ3) is 4.42. The maximum absolute atomic E-state index is 5.86. The fourth-order valence-electron chi connectivity index (χ4n) is 1.48. The summed E-state index contributed by atoms with van der Waals surface area (Å²) in [5, 5.41) is 0. The van der Waals surface area contributed by atoms with Crippen molar-refractivity contribution in [3.8, 4) is 0 Å². The lowest BCUT2D eigenvalue weighted by Gasteiger charge is -2.26. The van der Waals surface area contributed by atoms with E-state index in [4.69, 9.17) is 23.2 Å². The largest absolute Gasteiger partial charge is 0.294 e. The predicted octanol–water partition coefficient (Wildman–Crippen LogP) is 3.35. The third-order valence-electron chi connectivity index (χ3n) is 2.45. The standard InChI is InChI=1S/C12H17Cl2N/c1-11(9-14)15(8-7-13)10-12-5-3-2-4-6-12/h2-6,11H,7-10H2,1H3/t11-/m0/s1. The molecular weight excluding hydrogens is 229 g/mol. The highest BCUT2D eigenvalue weighted by molar-refractivity contribution is 6.18. The summed E-state index contributed by atoms with van der Waals surface area (Å²) >= 11 is 11.6. The monoisotopic (exact) mass is 245 g/mol. The van der Waals surface area contributed by atoms with Crippen LogP contribution in [0.25, 0.3) is 0 Å². The van der Waals surface area contributed by atoms with Crippen molar-refractivity contribution in [2.75, 3.05) is 18.3 Å². The first kappa shape index (κ1) is 12.8. The minimum absolute atomic E-state index is 0.366. The summed E-state index contributed by atoms with van der Waals surface area (Å²) in [6.07, 6.45) is 0. The molecule has 1 aromatic rings. The van der Waals surface area contributed by atoms with E-state index in [2.05, 4.69) is 36.1 Å². The van der Waals surface area contributed by atoms with Gasteiger partial charge in [0.2, 0.25) is 0 Å². The van der Waals surface area contributed by atoms with E-state index in [0.29, 0.717) is 17.8 Å². The molecule has 0 aliphatic carbocycles. The van der Waals surface area contributed by atoms with Crippen LogP contribution in [0.4, 0.5) is 0 Å². The second-order valence-electron chi connectivity index (χ2n) is 3.65. The summed E-state index contributed by atoms with van der Waals surface area (Å²) in [7, 11) is 0. The number of hydrogen-bond donors (Lipinski definition) is 0. The zero-order valence-electron chi connectivity index (χ0n) is 9.00. The normalized spacial score (nSPS) is 13.1. The molecule has 0 saturated heterocycles. The minimum atomic E-state index is 0.366. The van der Waals surface area contributed by atoms with Gasteiger partial charge in [-0.2, -0.15) is 0 Å². The molecule has 0 amide bonds. The van der Waals surface area contributed by atoms with Gasteiger partial charge in [0, 0.05) is 30.9 Å². The van der Waals surface area contributed by atoms with E-state index in [-0.39, 0.29) is 0 Å². The van der Waals surface area contributed by atoms with Crippen molar-refractivity contribution in [2.24, 2.45) is 0 Å². The number of benzene rings is 1. The van der Waals surface area contributed by atoms with Gasteiger partial charge in [-0.1, -0.05) is 30.3 Å². The Balaban J connectivity index is 2.58. The van der Waals surface area contributed by atoms with E-state index < -0.39 is 0 Å². The molecule has 1 nitrogen and oxygen atoms in total. The van der Waals surface area contributed by atoms with Gasteiger partial charge >= 0.3 is 0 Å². The number of rotatable bonds is 6. The van der Waals surface area contributed by atoms with E-state index in [0.717, 1.165) is 13.1 Å². The van der Waals surface area contributed by atoms with Crippen LogP contribution >= 0.6 is 23.2 Å². The number of hydrogen-bond acceptors (Lipinski definition) is 1. The Labute approximate surface area is 102 Å². The minimum Gasteiger partial charge on any atom is -0.294 e. The second kappa shape index (κ2) is 7.10. The van der Waals surface area contributed by atoms with Crippen LogP contribution in [0.2, 0.25) is 0 Å². The van der Waals surface area contributed by atoms with Crippen LogP contribution in [0, 0.1) is 0 Å². The molecule has 0 unspecified atom stereocenters. The summed E-state index contributed by atoms with van der Waals surface area (Å²) in [6.45, 7) is 3.92. The SMILES string of the molecule is C[C@@H](CCl)N(CCCl)Cc1ccccc1. The molecule has 0 N–H and O–H groups in total. The van der Waals surface area contributed by atoms with Crippen LogP contribution in [-0.2, 0) is 6.54 Å². The van der Waals surface area contributed by atoms with Gasteiger partial charge in [0.25, 0.3) is 0 Å². The van der Waals surface area contributed by atoms with Crippen molar-refractivity contribution >= 4 is 23.2 Å². The Hall–Kier alpha value is -0.240. The summed E-state index contributed by atoms with van der Waals surface area (Å²) in [5.74, 6) is 1.29. The van der Waals surface area contributed by atoms with E-state index in [1.807, 2.05) is 6.07 Å². The van der Waals surface area contributed by atoms with Crippen molar-refractivity contribution < 1.29 is 0 Å². The Morgan fingerprint density at radius 2 is 1.87 bits per heavy atom. The molecule has 0 heterocycles. The smallest absolute Gasteiger partial charge is 0.0377 e. The summed E-state index contributed by atoms with van der Waals surface area (Å²) in [6, 6.07) is 10.8. The molecule has 0 radical (unpaired) electrons. The Bertz CT molecular complexity index is 264. The van der Waals surface area contributed by atoms with Crippen molar-refractivity contribution in [3.05, 3.63) is 35.9 Å². The molecule has 0 aliphatic heterocycles. The lowest BCUT2D eigenvalue weighted by Crippen LogP contribution is -2.35. The van der Waals surface area contributed by atoms with E-state index in [1.54, 1.807) is 0 Å². The zero-order chi connectivity index (χ0) is 11.1. The molecule has 1 rings (SSSR count). The fourth-order valence-corrected chi connectivity index (χ4v) is 1.89. The Morgan fingerprint density at radius 3 is 2.40 bits per heavy atom. The zero-order valence-corrected chi connectivity index (χ0v) is 10.5. The van der Waals surface area contributed by atoms with E-state index in [1.165, 1.54) is 5.56 Å². The Kier molecular flexibility index (Phi) is 6.07. The first-order valence-corrected chi connectivity index (χ1v) is 6.24. The van der Waals surface area contributed by atoms with Crippen LogP contribution in [0.5, 0.6) is 0 Å². The molecule has 3 heteroatoms. The first-order valence-electron chi connectivity index (χ1n) is 5.18. The van der Waals surface area contributed by atoms with Gasteiger partial charge in [-0.15, -0.1) is 23.2 Å². The second-order valence-corrected chi connectivity index (χ2v) is 4.33. The van der Waals surface area contributed by atoms with Crippen molar-refractivity contribution in [2.45, 2.75) is 19.5 Å². The fraction of sp³-hybridized carbons (Fsp3) is 0.500. The number of nitrogens with zero attached hydrogens (tertiary/aromatic N) is 1. The maximum Gasteiger partial charge on any atom is 0.0377 e. The molecule has 1 aromatic carbocycles. The Morgan fingerprint density at radius 1 is 1.20 bits per heavy atom. The van der Waals surface area contributed by atoms with Gasteiger partial charge in [0.05, 0.1) is 0 Å². The lowest BCUT2D eigenvalue weighted by atomic mass is 10.2. The molecule has 0 aliphatic rings. The van der Waals surface area contributed by atoms with Gasteiger partial charge in [0.15, 0.2) is 0 Å². The molecule has 0 aromatic heterocycles. The summed E-state index contributed by atoms with van der Waals surface area (Å²) < 4.78 is 0. The predicted molar refractivity (Wildman–Crippen MR) is 67.8 cm³/mol. The van der Waals surface area contributed by atoms with Gasteiger partial charge in [0.1, 0.15) is 0 Å². The van der Waals surface area contributed by atoms with Crippen molar-refractivity contribution in [1.82, 2.24) is 4.90 Å².